The Kier molecular flexibility index (Phi) is 4.68. The number of ether oxygens (including phenoxy) is 1. The highest BCUT2D eigenvalue weighted by Crippen LogP contribution is 2.51. The molecular formula is C29H29NO3. The zero-order valence-corrected chi connectivity index (χ0v) is 20.3. The molecule has 0 saturated heterocycles. The number of hydrogen-bond acceptors (Lipinski definition) is 4. The van der Waals surface area contributed by atoms with Crippen LogP contribution >= 0.6 is 0 Å². The van der Waals surface area contributed by atoms with Crippen LogP contribution in [0.2, 0.25) is 0 Å². The summed E-state index contributed by atoms with van der Waals surface area (Å²) in [7, 11) is 0. The largest absolute Gasteiger partial charge is 0.436 e. The highest BCUT2D eigenvalue weighted by Gasteiger charge is 2.34. The number of fused-ring (bicyclic) bond motifs is 4. The monoisotopic (exact) mass is 439 g/mol. The number of anilines is 3. The third-order valence-corrected chi connectivity index (χ3v) is 6.37. The van der Waals surface area contributed by atoms with E-state index < -0.39 is 0 Å². The molecule has 0 fully saturated rings. The maximum Gasteiger partial charge on any atom is 0.345 e. The Morgan fingerprint density at radius 2 is 1.45 bits per heavy atom. The van der Waals surface area contributed by atoms with Crippen molar-refractivity contribution in [1.82, 2.24) is 0 Å². The van der Waals surface area contributed by atoms with E-state index in [1.165, 1.54) is 5.56 Å². The molecule has 0 atom stereocenters. The molecule has 3 aromatic carbocycles. The standard InChI is InChI=1S/C29H29NO3/c1-16-8-10-23-21(12-16)28(31)33-26-22-13-17(2)9-11-24(22)32-27(26)30(23)25-18(3)14-20(15-19(25)4)29(5,6)7/h8-15H,1-7H3. The predicted molar refractivity (Wildman–Crippen MR) is 134 cm³/mol. The van der Waals surface area contributed by atoms with Crippen LogP contribution in [0.1, 0.15) is 58.9 Å². The van der Waals surface area contributed by atoms with Crippen molar-refractivity contribution in [2.24, 2.45) is 0 Å². The topological polar surface area (TPSA) is 42.7 Å². The molecule has 2 heterocycles. The molecule has 0 N–H and O–H groups in total. The molecular weight excluding hydrogens is 410 g/mol. The Morgan fingerprint density at radius 1 is 0.818 bits per heavy atom. The van der Waals surface area contributed by atoms with Gasteiger partial charge < -0.3 is 9.15 Å². The van der Waals surface area contributed by atoms with E-state index in [2.05, 4.69) is 51.7 Å². The summed E-state index contributed by atoms with van der Waals surface area (Å²) in [6, 6.07) is 16.3. The van der Waals surface area contributed by atoms with Gasteiger partial charge in [0.25, 0.3) is 0 Å². The molecule has 1 aliphatic heterocycles. The molecule has 0 amide bonds. The maximum absolute atomic E-state index is 13.3. The molecule has 0 saturated carbocycles. The van der Waals surface area contributed by atoms with Crippen LogP contribution in [0.4, 0.5) is 17.3 Å². The van der Waals surface area contributed by atoms with Gasteiger partial charge in [-0.15, -0.1) is 0 Å². The third-order valence-electron chi connectivity index (χ3n) is 6.37. The van der Waals surface area contributed by atoms with Crippen molar-refractivity contribution in [3.63, 3.8) is 0 Å². The van der Waals surface area contributed by atoms with Gasteiger partial charge in [0.15, 0.2) is 0 Å². The molecule has 0 radical (unpaired) electrons. The second-order valence-electron chi connectivity index (χ2n) is 10.2. The lowest BCUT2D eigenvalue weighted by Gasteiger charge is -2.29. The minimum Gasteiger partial charge on any atom is -0.436 e. The molecule has 4 aromatic rings. The minimum atomic E-state index is -0.372. The van der Waals surface area contributed by atoms with Crippen LogP contribution in [0.15, 0.2) is 52.9 Å². The van der Waals surface area contributed by atoms with E-state index in [1.54, 1.807) is 0 Å². The van der Waals surface area contributed by atoms with Gasteiger partial charge in [0.1, 0.15) is 5.58 Å². The molecule has 0 spiro atoms. The normalized spacial score (nSPS) is 13.5. The molecule has 0 bridgehead atoms. The van der Waals surface area contributed by atoms with Gasteiger partial charge in [-0.05, 0) is 74.1 Å². The van der Waals surface area contributed by atoms with Crippen molar-refractivity contribution in [3.8, 4) is 5.75 Å². The van der Waals surface area contributed by atoms with E-state index >= 15 is 0 Å². The number of carbonyl (C=O) groups is 1. The first-order chi connectivity index (χ1) is 15.5. The van der Waals surface area contributed by atoms with Crippen molar-refractivity contribution >= 4 is 34.2 Å². The number of furan rings is 1. The van der Waals surface area contributed by atoms with Crippen LogP contribution in [0.25, 0.3) is 11.0 Å². The third kappa shape index (κ3) is 3.41. The number of carbonyl (C=O) groups excluding carboxylic acids is 1. The maximum atomic E-state index is 13.3. The number of rotatable bonds is 1. The molecule has 0 unspecified atom stereocenters. The highest BCUT2D eigenvalue weighted by molar-refractivity contribution is 6.06. The summed E-state index contributed by atoms with van der Waals surface area (Å²) < 4.78 is 12.4. The zero-order valence-electron chi connectivity index (χ0n) is 20.3. The predicted octanol–water partition coefficient (Wildman–Crippen LogP) is 7.97. The fourth-order valence-corrected chi connectivity index (χ4v) is 4.65. The number of benzene rings is 3. The highest BCUT2D eigenvalue weighted by atomic mass is 16.5. The Morgan fingerprint density at radius 3 is 2.12 bits per heavy atom. The first-order valence-electron chi connectivity index (χ1n) is 11.3. The van der Waals surface area contributed by atoms with E-state index in [9.17, 15) is 4.79 Å². The van der Waals surface area contributed by atoms with E-state index in [-0.39, 0.29) is 11.4 Å². The number of aryl methyl sites for hydroxylation is 4. The van der Waals surface area contributed by atoms with Gasteiger partial charge in [0.2, 0.25) is 11.6 Å². The van der Waals surface area contributed by atoms with E-state index in [4.69, 9.17) is 9.15 Å². The number of esters is 1. The first-order valence-corrected chi connectivity index (χ1v) is 11.3. The van der Waals surface area contributed by atoms with Crippen LogP contribution in [0, 0.1) is 27.7 Å². The van der Waals surface area contributed by atoms with Gasteiger partial charge in [-0.2, -0.15) is 0 Å². The SMILES string of the molecule is Cc1ccc2c(c1)C(=O)Oc1c(oc3ccc(C)cc13)N2c1c(C)cc(C(C)(C)C)cc1C. The van der Waals surface area contributed by atoms with E-state index in [0.29, 0.717) is 22.8 Å². The summed E-state index contributed by atoms with van der Waals surface area (Å²) in [5.41, 5.74) is 8.59. The minimum absolute atomic E-state index is 0.0307. The van der Waals surface area contributed by atoms with Crippen molar-refractivity contribution in [2.75, 3.05) is 4.90 Å². The molecule has 4 heteroatoms. The molecule has 168 valence electrons. The second-order valence-corrected chi connectivity index (χ2v) is 10.2. The summed E-state index contributed by atoms with van der Waals surface area (Å²) >= 11 is 0. The second kappa shape index (κ2) is 7.24. The van der Waals surface area contributed by atoms with Crippen LogP contribution in [0.5, 0.6) is 5.75 Å². The van der Waals surface area contributed by atoms with Crippen molar-refractivity contribution in [3.05, 3.63) is 81.9 Å². The first kappa shape index (κ1) is 21.3. The molecule has 1 aliphatic rings. The molecule has 1 aromatic heterocycles. The summed E-state index contributed by atoms with van der Waals surface area (Å²) in [4.78, 5) is 15.3. The van der Waals surface area contributed by atoms with Crippen molar-refractivity contribution in [2.45, 2.75) is 53.9 Å². The van der Waals surface area contributed by atoms with Gasteiger partial charge >= 0.3 is 5.97 Å². The fraction of sp³-hybridized carbons (Fsp3) is 0.276. The van der Waals surface area contributed by atoms with Crippen LogP contribution in [-0.2, 0) is 5.41 Å². The lowest BCUT2D eigenvalue weighted by atomic mass is 9.84. The number of nitrogens with zero attached hydrogens (tertiary/aromatic N) is 1. The van der Waals surface area contributed by atoms with Crippen LogP contribution in [-0.4, -0.2) is 5.97 Å². The molecule has 33 heavy (non-hydrogen) atoms. The summed E-state index contributed by atoms with van der Waals surface area (Å²) in [6.45, 7) is 14.9. The molecule has 4 nitrogen and oxygen atoms in total. The molecule has 0 aliphatic carbocycles. The summed E-state index contributed by atoms with van der Waals surface area (Å²) in [5.74, 6) is 0.621. The van der Waals surface area contributed by atoms with Gasteiger partial charge in [-0.25, -0.2) is 4.79 Å². The van der Waals surface area contributed by atoms with Gasteiger partial charge in [0.05, 0.1) is 22.3 Å². The van der Waals surface area contributed by atoms with Crippen LogP contribution in [0.3, 0.4) is 0 Å². The van der Waals surface area contributed by atoms with Crippen LogP contribution < -0.4 is 9.64 Å². The Labute approximate surface area is 194 Å². The fourth-order valence-electron chi connectivity index (χ4n) is 4.65. The van der Waals surface area contributed by atoms with E-state index in [0.717, 1.165) is 39.0 Å². The lowest BCUT2D eigenvalue weighted by molar-refractivity contribution is 0.0740. The van der Waals surface area contributed by atoms with Gasteiger partial charge in [0, 0.05) is 0 Å². The Bertz CT molecular complexity index is 1410. The van der Waals surface area contributed by atoms with Gasteiger partial charge in [-0.3, -0.25) is 4.90 Å². The average molecular weight is 440 g/mol. The average Bonchev–Trinajstić information content (AvgIpc) is 3.01. The zero-order chi connectivity index (χ0) is 23.7. The van der Waals surface area contributed by atoms with Gasteiger partial charge in [-0.1, -0.05) is 56.2 Å². The Hall–Kier alpha value is -3.53. The Balaban J connectivity index is 1.86. The number of hydrogen-bond donors (Lipinski definition) is 0. The summed E-state index contributed by atoms with van der Waals surface area (Å²) in [5, 5.41) is 0.800. The smallest absolute Gasteiger partial charge is 0.345 e. The quantitative estimate of drug-likeness (QED) is 0.282. The van der Waals surface area contributed by atoms with E-state index in [1.807, 2.05) is 50.2 Å². The molecule has 5 rings (SSSR count). The van der Waals surface area contributed by atoms with Crippen molar-refractivity contribution < 1.29 is 13.9 Å². The van der Waals surface area contributed by atoms with Crippen molar-refractivity contribution in [1.29, 1.82) is 0 Å². The summed E-state index contributed by atoms with van der Waals surface area (Å²) in [6.07, 6.45) is 0. The lowest BCUT2D eigenvalue weighted by Crippen LogP contribution is -2.17.